The second kappa shape index (κ2) is 12.6. The van der Waals surface area contributed by atoms with Crippen LogP contribution in [0.3, 0.4) is 0 Å². The van der Waals surface area contributed by atoms with Gasteiger partial charge in [-0.3, -0.25) is 0 Å². The summed E-state index contributed by atoms with van der Waals surface area (Å²) in [6.45, 7) is 17.7. The van der Waals surface area contributed by atoms with Crippen LogP contribution < -0.4 is 0 Å². The summed E-state index contributed by atoms with van der Waals surface area (Å²) in [5.74, 6) is 19.6. The number of hydrogen-bond donors (Lipinski definition) is 0. The maximum atomic E-state index is 6.08. The standard InChI is InChI=1S/C36H42/c1-11-15-17-19-21-28-24-30(36(8,9)10)26-34(32(28)22-20-18-16-12-2)33-25-29(35(5,6)7)23-27(13-3)31(33)14-4/h3-4,23-26H,11-12,15-18H2,1-2,5-10H3. The molecule has 0 spiro atoms. The number of rotatable bonds is 5. The molecule has 0 nitrogen and oxygen atoms in total. The van der Waals surface area contributed by atoms with Crippen molar-refractivity contribution in [1.82, 2.24) is 0 Å². The average molecular weight is 475 g/mol. The molecule has 0 aromatic heterocycles. The molecule has 0 heterocycles. The third-order valence-electron chi connectivity index (χ3n) is 6.35. The third kappa shape index (κ3) is 7.34. The lowest BCUT2D eigenvalue weighted by atomic mass is 9.78. The van der Waals surface area contributed by atoms with Gasteiger partial charge in [-0.15, -0.1) is 12.8 Å². The van der Waals surface area contributed by atoms with E-state index in [-0.39, 0.29) is 10.8 Å². The Morgan fingerprint density at radius 3 is 1.53 bits per heavy atom. The van der Waals surface area contributed by atoms with Crippen LogP contribution in [0.5, 0.6) is 0 Å². The predicted octanol–water partition coefficient (Wildman–Crippen LogP) is 8.99. The lowest BCUT2D eigenvalue weighted by molar-refractivity contribution is 0.589. The molecule has 36 heavy (non-hydrogen) atoms. The summed E-state index contributed by atoms with van der Waals surface area (Å²) < 4.78 is 0. The summed E-state index contributed by atoms with van der Waals surface area (Å²) in [5.41, 5.74) is 7.66. The number of benzene rings is 2. The van der Waals surface area contributed by atoms with Gasteiger partial charge in [0.2, 0.25) is 0 Å². The van der Waals surface area contributed by atoms with Crippen LogP contribution in [0, 0.1) is 48.4 Å². The molecular weight excluding hydrogens is 432 g/mol. The van der Waals surface area contributed by atoms with Crippen LogP contribution in [0.2, 0.25) is 0 Å². The third-order valence-corrected chi connectivity index (χ3v) is 6.35. The minimum Gasteiger partial charge on any atom is -0.115 e. The van der Waals surface area contributed by atoms with E-state index in [1.807, 2.05) is 0 Å². The Balaban J connectivity index is 3.04. The first-order valence-corrected chi connectivity index (χ1v) is 13.3. The molecule has 0 fully saturated rings. The molecule has 0 aliphatic rings. The molecule has 0 saturated carbocycles. The van der Waals surface area contributed by atoms with Gasteiger partial charge in [0.25, 0.3) is 0 Å². The van der Waals surface area contributed by atoms with E-state index in [1.165, 1.54) is 5.56 Å². The molecule has 0 bridgehead atoms. The second-order valence-electron chi connectivity index (χ2n) is 11.5. The van der Waals surface area contributed by atoms with E-state index < -0.39 is 0 Å². The van der Waals surface area contributed by atoms with Gasteiger partial charge in [-0.2, -0.15) is 0 Å². The average Bonchev–Trinajstić information content (AvgIpc) is 2.82. The van der Waals surface area contributed by atoms with Crippen molar-refractivity contribution in [3.05, 3.63) is 57.6 Å². The Labute approximate surface area is 221 Å². The highest BCUT2D eigenvalue weighted by Crippen LogP contribution is 2.38. The summed E-state index contributed by atoms with van der Waals surface area (Å²) in [6.07, 6.45) is 18.2. The van der Waals surface area contributed by atoms with E-state index in [9.17, 15) is 0 Å². The lowest BCUT2D eigenvalue weighted by Crippen LogP contribution is -2.14. The summed E-state index contributed by atoms with van der Waals surface area (Å²) in [4.78, 5) is 0. The zero-order valence-corrected chi connectivity index (χ0v) is 23.7. The van der Waals surface area contributed by atoms with Crippen LogP contribution in [0.1, 0.15) is 127 Å². The van der Waals surface area contributed by atoms with Crippen LogP contribution in [0.4, 0.5) is 0 Å². The Bertz CT molecular complexity index is 1280. The van der Waals surface area contributed by atoms with Gasteiger partial charge in [-0.1, -0.05) is 104 Å². The fraction of sp³-hybridized carbons (Fsp3) is 0.444. The van der Waals surface area contributed by atoms with Crippen molar-refractivity contribution in [1.29, 1.82) is 0 Å². The van der Waals surface area contributed by atoms with Crippen molar-refractivity contribution in [2.45, 2.75) is 105 Å². The zero-order chi connectivity index (χ0) is 26.9. The molecule has 2 rings (SSSR count). The molecule has 2 aromatic carbocycles. The largest absolute Gasteiger partial charge is 0.115 e. The Hall–Kier alpha value is -3.32. The summed E-state index contributed by atoms with van der Waals surface area (Å²) in [5, 5.41) is 0. The van der Waals surface area contributed by atoms with Gasteiger partial charge in [0.05, 0.1) is 0 Å². The van der Waals surface area contributed by atoms with Crippen molar-refractivity contribution < 1.29 is 0 Å². The monoisotopic (exact) mass is 474 g/mol. The second-order valence-corrected chi connectivity index (χ2v) is 11.5. The van der Waals surface area contributed by atoms with Gasteiger partial charge < -0.3 is 0 Å². The maximum absolute atomic E-state index is 6.08. The normalized spacial score (nSPS) is 10.9. The van der Waals surface area contributed by atoms with Gasteiger partial charge in [0.1, 0.15) is 0 Å². The fourth-order valence-corrected chi connectivity index (χ4v) is 3.92. The molecule has 0 unspecified atom stereocenters. The maximum Gasteiger partial charge on any atom is 0.0480 e. The van der Waals surface area contributed by atoms with Crippen molar-refractivity contribution in [3.8, 4) is 59.5 Å². The first-order chi connectivity index (χ1) is 17.0. The van der Waals surface area contributed by atoms with E-state index in [2.05, 4.69) is 115 Å². The van der Waals surface area contributed by atoms with E-state index in [1.54, 1.807) is 0 Å². The Morgan fingerprint density at radius 1 is 0.611 bits per heavy atom. The fourth-order valence-electron chi connectivity index (χ4n) is 3.92. The van der Waals surface area contributed by atoms with Crippen LogP contribution in [0.25, 0.3) is 11.1 Å². The molecule has 0 aliphatic heterocycles. The number of hydrogen-bond acceptors (Lipinski definition) is 0. The molecule has 0 amide bonds. The van der Waals surface area contributed by atoms with E-state index in [0.29, 0.717) is 0 Å². The van der Waals surface area contributed by atoms with Gasteiger partial charge in [0.15, 0.2) is 0 Å². The van der Waals surface area contributed by atoms with Gasteiger partial charge in [-0.05, 0) is 59.1 Å². The highest BCUT2D eigenvalue weighted by atomic mass is 14.3. The summed E-state index contributed by atoms with van der Waals surface area (Å²) >= 11 is 0. The minimum atomic E-state index is -0.0785. The molecule has 0 atom stereocenters. The zero-order valence-electron chi connectivity index (χ0n) is 23.7. The summed E-state index contributed by atoms with van der Waals surface area (Å²) in [6, 6.07) is 8.75. The Morgan fingerprint density at radius 2 is 1.08 bits per heavy atom. The lowest BCUT2D eigenvalue weighted by Gasteiger charge is -2.25. The van der Waals surface area contributed by atoms with E-state index in [4.69, 9.17) is 12.8 Å². The summed E-state index contributed by atoms with van der Waals surface area (Å²) in [7, 11) is 0. The quantitative estimate of drug-likeness (QED) is 0.299. The first kappa shape index (κ1) is 28.9. The number of terminal acetylenes is 2. The minimum absolute atomic E-state index is 0.0599. The van der Waals surface area contributed by atoms with Crippen molar-refractivity contribution in [2.24, 2.45) is 0 Å². The van der Waals surface area contributed by atoms with Crippen molar-refractivity contribution >= 4 is 0 Å². The van der Waals surface area contributed by atoms with Crippen LogP contribution in [0.15, 0.2) is 24.3 Å². The molecule has 0 saturated heterocycles. The molecule has 2 aromatic rings. The molecule has 0 radical (unpaired) electrons. The Kier molecular flexibility index (Phi) is 10.1. The van der Waals surface area contributed by atoms with Crippen LogP contribution >= 0.6 is 0 Å². The van der Waals surface area contributed by atoms with Crippen molar-refractivity contribution in [3.63, 3.8) is 0 Å². The molecule has 0 N–H and O–H groups in total. The highest BCUT2D eigenvalue weighted by Gasteiger charge is 2.23. The predicted molar refractivity (Wildman–Crippen MR) is 158 cm³/mol. The number of unbranched alkanes of at least 4 members (excludes halogenated alkanes) is 4. The van der Waals surface area contributed by atoms with Crippen molar-refractivity contribution in [2.75, 3.05) is 0 Å². The van der Waals surface area contributed by atoms with E-state index >= 15 is 0 Å². The van der Waals surface area contributed by atoms with Gasteiger partial charge in [-0.25, -0.2) is 0 Å². The van der Waals surface area contributed by atoms with E-state index in [0.717, 1.165) is 77.5 Å². The van der Waals surface area contributed by atoms with Gasteiger partial charge >= 0.3 is 0 Å². The topological polar surface area (TPSA) is 0 Å². The first-order valence-electron chi connectivity index (χ1n) is 13.3. The van der Waals surface area contributed by atoms with Gasteiger partial charge in [0, 0.05) is 46.2 Å². The molecule has 186 valence electrons. The molecule has 0 aliphatic carbocycles. The molecule has 0 heteroatoms. The van der Waals surface area contributed by atoms with Crippen LogP contribution in [-0.2, 0) is 10.8 Å². The SMILES string of the molecule is C#Cc1cc(C(C)(C)C)cc(-c2cc(C(C)(C)C)cc(C#CCCCC)c2C#CCCCC)c1C#C. The highest BCUT2D eigenvalue weighted by molar-refractivity contribution is 5.82. The van der Waals surface area contributed by atoms with Crippen LogP contribution in [-0.4, -0.2) is 0 Å². The molecular formula is C36H42. The smallest absolute Gasteiger partial charge is 0.0480 e.